The van der Waals surface area contributed by atoms with Crippen molar-refractivity contribution in [2.45, 2.75) is 18.2 Å². The molecule has 144 valence electrons. The van der Waals surface area contributed by atoms with Crippen LogP contribution >= 0.6 is 0 Å². The van der Waals surface area contributed by atoms with Gasteiger partial charge in [-0.2, -0.15) is 0 Å². The van der Waals surface area contributed by atoms with Gasteiger partial charge in [-0.05, 0) is 60.5 Å². The smallest absolute Gasteiger partial charge is 0.261 e. The molecule has 0 aromatic heterocycles. The molecule has 0 saturated heterocycles. The van der Waals surface area contributed by atoms with Gasteiger partial charge in [0.15, 0.2) is 11.5 Å². The van der Waals surface area contributed by atoms with Crippen molar-refractivity contribution < 1.29 is 17.9 Å². The molecule has 4 rings (SSSR count). The van der Waals surface area contributed by atoms with Crippen molar-refractivity contribution in [3.63, 3.8) is 0 Å². The van der Waals surface area contributed by atoms with Gasteiger partial charge >= 0.3 is 0 Å². The fourth-order valence-electron chi connectivity index (χ4n) is 2.88. The van der Waals surface area contributed by atoms with E-state index in [1.165, 1.54) is 0 Å². The SMILES string of the molecule is CCc1ccc(S(=O)(=O)Nc2ccc(Nc3ccc4c(c3)OCO4)cc2)cc1. The van der Waals surface area contributed by atoms with E-state index in [1.54, 1.807) is 24.3 Å². The second kappa shape index (κ2) is 7.44. The highest BCUT2D eigenvalue weighted by Gasteiger charge is 2.15. The summed E-state index contributed by atoms with van der Waals surface area (Å²) in [7, 11) is -3.62. The number of sulfonamides is 1. The highest BCUT2D eigenvalue weighted by molar-refractivity contribution is 7.92. The van der Waals surface area contributed by atoms with Crippen molar-refractivity contribution in [2.24, 2.45) is 0 Å². The summed E-state index contributed by atoms with van der Waals surface area (Å²) in [5, 5.41) is 3.26. The van der Waals surface area contributed by atoms with Gasteiger partial charge < -0.3 is 14.8 Å². The Morgan fingerprint density at radius 3 is 2.18 bits per heavy atom. The monoisotopic (exact) mass is 396 g/mol. The first-order valence-electron chi connectivity index (χ1n) is 8.92. The summed E-state index contributed by atoms with van der Waals surface area (Å²) in [6.45, 7) is 2.26. The maximum Gasteiger partial charge on any atom is 0.261 e. The summed E-state index contributed by atoms with van der Waals surface area (Å²) in [6, 6.07) is 19.5. The third kappa shape index (κ3) is 3.89. The fraction of sp³-hybridized carbons (Fsp3) is 0.143. The van der Waals surface area contributed by atoms with Gasteiger partial charge in [0.1, 0.15) is 0 Å². The van der Waals surface area contributed by atoms with E-state index in [1.807, 2.05) is 49.4 Å². The quantitative estimate of drug-likeness (QED) is 0.641. The largest absolute Gasteiger partial charge is 0.454 e. The minimum absolute atomic E-state index is 0.231. The molecule has 0 amide bonds. The predicted octanol–water partition coefficient (Wildman–Crippen LogP) is 4.52. The summed E-state index contributed by atoms with van der Waals surface area (Å²) < 4.78 is 38.3. The van der Waals surface area contributed by atoms with E-state index < -0.39 is 10.0 Å². The van der Waals surface area contributed by atoms with Crippen LogP contribution in [-0.4, -0.2) is 15.2 Å². The normalized spacial score (nSPS) is 12.6. The molecule has 0 aliphatic carbocycles. The van der Waals surface area contributed by atoms with E-state index >= 15 is 0 Å². The average molecular weight is 396 g/mol. The van der Waals surface area contributed by atoms with Crippen molar-refractivity contribution in [1.82, 2.24) is 0 Å². The first-order valence-corrected chi connectivity index (χ1v) is 10.4. The predicted molar refractivity (Wildman–Crippen MR) is 109 cm³/mol. The molecule has 0 saturated carbocycles. The lowest BCUT2D eigenvalue weighted by Crippen LogP contribution is -2.12. The summed E-state index contributed by atoms with van der Waals surface area (Å²) >= 11 is 0. The van der Waals surface area contributed by atoms with Gasteiger partial charge in [-0.15, -0.1) is 0 Å². The molecule has 3 aromatic carbocycles. The number of anilines is 3. The Balaban J connectivity index is 1.45. The topological polar surface area (TPSA) is 76.7 Å². The molecule has 1 aliphatic rings. The van der Waals surface area contributed by atoms with Crippen LogP contribution in [0.3, 0.4) is 0 Å². The van der Waals surface area contributed by atoms with E-state index in [9.17, 15) is 8.42 Å². The molecule has 28 heavy (non-hydrogen) atoms. The Morgan fingerprint density at radius 1 is 0.821 bits per heavy atom. The lowest BCUT2D eigenvalue weighted by molar-refractivity contribution is 0.174. The van der Waals surface area contributed by atoms with Gasteiger partial charge in [0.05, 0.1) is 4.90 Å². The van der Waals surface area contributed by atoms with Crippen LogP contribution in [0.5, 0.6) is 11.5 Å². The molecule has 2 N–H and O–H groups in total. The Morgan fingerprint density at radius 2 is 1.46 bits per heavy atom. The third-order valence-corrected chi connectivity index (χ3v) is 5.84. The Hall–Kier alpha value is -3.19. The van der Waals surface area contributed by atoms with Crippen molar-refractivity contribution in [1.29, 1.82) is 0 Å². The number of hydrogen-bond acceptors (Lipinski definition) is 5. The number of aryl methyl sites for hydroxylation is 1. The van der Waals surface area contributed by atoms with Crippen LogP contribution in [-0.2, 0) is 16.4 Å². The number of hydrogen-bond donors (Lipinski definition) is 2. The number of nitrogens with one attached hydrogen (secondary N) is 2. The number of rotatable bonds is 6. The van der Waals surface area contributed by atoms with Gasteiger partial charge in [-0.3, -0.25) is 4.72 Å². The van der Waals surface area contributed by atoms with Gasteiger partial charge in [-0.1, -0.05) is 19.1 Å². The zero-order chi connectivity index (χ0) is 19.6. The molecule has 6 nitrogen and oxygen atoms in total. The fourth-order valence-corrected chi connectivity index (χ4v) is 3.94. The Bertz CT molecular complexity index is 1080. The molecular weight excluding hydrogens is 376 g/mol. The molecule has 7 heteroatoms. The molecule has 0 atom stereocenters. The molecule has 0 spiro atoms. The van der Waals surface area contributed by atoms with Crippen molar-refractivity contribution in [3.05, 3.63) is 72.3 Å². The molecular formula is C21H20N2O4S. The standard InChI is InChI=1S/C21H20N2O4S/c1-2-15-3-10-19(11-4-15)28(24,25)23-17-7-5-16(6-8-17)22-18-9-12-20-21(13-18)27-14-26-20/h3-13,22-23H,2,14H2,1H3. The highest BCUT2D eigenvalue weighted by atomic mass is 32.2. The number of benzene rings is 3. The van der Waals surface area contributed by atoms with Gasteiger partial charge in [0.25, 0.3) is 10.0 Å². The molecule has 1 heterocycles. The number of fused-ring (bicyclic) bond motifs is 1. The van der Waals surface area contributed by atoms with Crippen LogP contribution in [0.15, 0.2) is 71.6 Å². The first-order chi connectivity index (χ1) is 13.5. The van der Waals surface area contributed by atoms with Crippen LogP contribution in [0.1, 0.15) is 12.5 Å². The average Bonchev–Trinajstić information content (AvgIpc) is 3.17. The van der Waals surface area contributed by atoms with Crippen molar-refractivity contribution in [3.8, 4) is 11.5 Å². The molecule has 1 aliphatic heterocycles. The van der Waals surface area contributed by atoms with E-state index in [-0.39, 0.29) is 11.7 Å². The van der Waals surface area contributed by atoms with E-state index in [0.717, 1.165) is 29.1 Å². The minimum atomic E-state index is -3.62. The summed E-state index contributed by atoms with van der Waals surface area (Å²) in [5.74, 6) is 1.42. The van der Waals surface area contributed by atoms with E-state index in [0.29, 0.717) is 11.4 Å². The van der Waals surface area contributed by atoms with Gasteiger partial charge in [0.2, 0.25) is 6.79 Å². The third-order valence-electron chi connectivity index (χ3n) is 4.44. The second-order valence-electron chi connectivity index (χ2n) is 6.37. The maximum atomic E-state index is 12.5. The summed E-state index contributed by atoms with van der Waals surface area (Å²) in [4.78, 5) is 0.243. The van der Waals surface area contributed by atoms with Crippen LogP contribution < -0.4 is 19.5 Å². The molecule has 0 radical (unpaired) electrons. The van der Waals surface area contributed by atoms with E-state index in [4.69, 9.17) is 9.47 Å². The van der Waals surface area contributed by atoms with Gasteiger partial charge in [-0.25, -0.2) is 8.42 Å². The van der Waals surface area contributed by atoms with E-state index in [2.05, 4.69) is 10.0 Å². The molecule has 0 unspecified atom stereocenters. The zero-order valence-electron chi connectivity index (χ0n) is 15.3. The van der Waals surface area contributed by atoms with Crippen LogP contribution in [0.25, 0.3) is 0 Å². The molecule has 0 bridgehead atoms. The van der Waals surface area contributed by atoms with Gasteiger partial charge in [0, 0.05) is 23.1 Å². The molecule has 3 aromatic rings. The second-order valence-corrected chi connectivity index (χ2v) is 8.06. The highest BCUT2D eigenvalue weighted by Crippen LogP contribution is 2.35. The lowest BCUT2D eigenvalue weighted by atomic mass is 10.2. The van der Waals surface area contributed by atoms with Crippen LogP contribution in [0.2, 0.25) is 0 Å². The first kappa shape index (κ1) is 18.2. The maximum absolute atomic E-state index is 12.5. The van der Waals surface area contributed by atoms with Crippen LogP contribution in [0, 0.1) is 0 Å². The number of ether oxygens (including phenoxy) is 2. The molecule has 0 fully saturated rings. The van der Waals surface area contributed by atoms with Crippen LogP contribution in [0.4, 0.5) is 17.1 Å². The lowest BCUT2D eigenvalue weighted by Gasteiger charge is -2.11. The zero-order valence-corrected chi connectivity index (χ0v) is 16.1. The summed E-state index contributed by atoms with van der Waals surface area (Å²) in [5.41, 5.74) is 3.27. The summed E-state index contributed by atoms with van der Waals surface area (Å²) in [6.07, 6.45) is 0.867. The Kier molecular flexibility index (Phi) is 4.83. The van der Waals surface area contributed by atoms with Crippen molar-refractivity contribution >= 4 is 27.1 Å². The Labute approximate surface area is 164 Å². The van der Waals surface area contributed by atoms with Crippen molar-refractivity contribution in [2.75, 3.05) is 16.8 Å². The minimum Gasteiger partial charge on any atom is -0.454 e.